The number of benzene rings is 1. The third-order valence-corrected chi connectivity index (χ3v) is 3.95. The van der Waals surface area contributed by atoms with Crippen LogP contribution in [0.15, 0.2) is 24.3 Å². The molecule has 0 aromatic heterocycles. The molecule has 0 fully saturated rings. The van der Waals surface area contributed by atoms with Gasteiger partial charge in [-0.15, -0.1) is 0 Å². The zero-order valence-corrected chi connectivity index (χ0v) is 13.3. The zero-order chi connectivity index (χ0) is 15.0. The summed E-state index contributed by atoms with van der Waals surface area (Å²) >= 11 is 1.84. The smallest absolute Gasteiger partial charge is 0.269 e. The van der Waals surface area contributed by atoms with Gasteiger partial charge in [0.15, 0.2) is 0 Å². The summed E-state index contributed by atoms with van der Waals surface area (Å²) in [6.07, 6.45) is 5.26. The van der Waals surface area contributed by atoms with E-state index in [1.165, 1.54) is 0 Å². The van der Waals surface area contributed by atoms with Gasteiger partial charge in [0.2, 0.25) is 0 Å². The summed E-state index contributed by atoms with van der Waals surface area (Å²) in [6, 6.07) is 7.58. The summed E-state index contributed by atoms with van der Waals surface area (Å²) in [4.78, 5) is 10.5. The molecular weight excluding hydrogens is 272 g/mol. The van der Waals surface area contributed by atoms with Crippen LogP contribution in [0, 0.1) is 10.1 Å². The Balaban J connectivity index is 2.79. The number of thioether (sulfide) groups is 1. The lowest BCUT2D eigenvalue weighted by Crippen LogP contribution is -2.31. The number of nitrogens with zero attached hydrogens (tertiary/aromatic N) is 1. The first-order valence-electron chi connectivity index (χ1n) is 7.07. The molecule has 1 aromatic rings. The minimum atomic E-state index is -0.330. The Kier molecular flexibility index (Phi) is 7.62. The standard InChI is InChI=1S/C15H24N2O2S/c1-4-6-15(16-12(2)9-10-20-3)13-7-5-8-14(11-13)17(18)19/h5,7-8,11-12,15-16H,4,6,9-10H2,1-3H3. The van der Waals surface area contributed by atoms with Crippen LogP contribution in [0.4, 0.5) is 5.69 Å². The maximum Gasteiger partial charge on any atom is 0.269 e. The van der Waals surface area contributed by atoms with Crippen molar-refractivity contribution in [2.75, 3.05) is 12.0 Å². The van der Waals surface area contributed by atoms with Crippen molar-refractivity contribution in [1.82, 2.24) is 5.32 Å². The molecule has 1 rings (SSSR count). The summed E-state index contributed by atoms with van der Waals surface area (Å²) in [5, 5.41) is 14.5. The second-order valence-corrected chi connectivity index (χ2v) is 6.03. The number of hydrogen-bond acceptors (Lipinski definition) is 4. The van der Waals surface area contributed by atoms with Gasteiger partial charge in [-0.3, -0.25) is 10.1 Å². The van der Waals surface area contributed by atoms with Gasteiger partial charge in [0, 0.05) is 24.2 Å². The molecule has 112 valence electrons. The van der Waals surface area contributed by atoms with Gasteiger partial charge >= 0.3 is 0 Å². The minimum Gasteiger partial charge on any atom is -0.307 e. The first-order chi connectivity index (χ1) is 9.58. The van der Waals surface area contributed by atoms with Crippen LogP contribution in [0.1, 0.15) is 44.7 Å². The van der Waals surface area contributed by atoms with Gasteiger partial charge in [-0.1, -0.05) is 25.5 Å². The van der Waals surface area contributed by atoms with E-state index in [-0.39, 0.29) is 16.7 Å². The normalized spacial score (nSPS) is 13.9. The molecule has 1 aromatic carbocycles. The molecule has 2 unspecified atom stereocenters. The number of rotatable bonds is 9. The molecule has 0 bridgehead atoms. The molecule has 0 spiro atoms. The first kappa shape index (κ1) is 17.0. The molecular formula is C15H24N2O2S. The van der Waals surface area contributed by atoms with E-state index >= 15 is 0 Å². The number of nitrogens with one attached hydrogen (secondary N) is 1. The van der Waals surface area contributed by atoms with Crippen molar-refractivity contribution in [3.05, 3.63) is 39.9 Å². The van der Waals surface area contributed by atoms with Crippen LogP contribution in [-0.2, 0) is 0 Å². The largest absolute Gasteiger partial charge is 0.307 e. The zero-order valence-electron chi connectivity index (χ0n) is 12.5. The molecule has 0 amide bonds. The third-order valence-electron chi connectivity index (χ3n) is 3.30. The van der Waals surface area contributed by atoms with E-state index in [1.54, 1.807) is 18.2 Å². The van der Waals surface area contributed by atoms with E-state index in [4.69, 9.17) is 0 Å². The second kappa shape index (κ2) is 8.97. The molecule has 0 aliphatic carbocycles. The molecule has 0 aliphatic rings. The summed E-state index contributed by atoms with van der Waals surface area (Å²) < 4.78 is 0. The predicted molar refractivity (Wildman–Crippen MR) is 86.3 cm³/mol. The highest BCUT2D eigenvalue weighted by atomic mass is 32.2. The van der Waals surface area contributed by atoms with Crippen LogP contribution in [0.25, 0.3) is 0 Å². The molecule has 20 heavy (non-hydrogen) atoms. The van der Waals surface area contributed by atoms with Crippen molar-refractivity contribution >= 4 is 17.4 Å². The van der Waals surface area contributed by atoms with Crippen LogP contribution in [-0.4, -0.2) is 23.0 Å². The fourth-order valence-corrected chi connectivity index (χ4v) is 2.80. The van der Waals surface area contributed by atoms with Crippen LogP contribution < -0.4 is 5.32 Å². The van der Waals surface area contributed by atoms with Gasteiger partial charge in [0.1, 0.15) is 0 Å². The number of non-ortho nitro benzene ring substituents is 1. The molecule has 0 saturated heterocycles. The Morgan fingerprint density at radius 2 is 2.15 bits per heavy atom. The molecule has 4 nitrogen and oxygen atoms in total. The monoisotopic (exact) mass is 296 g/mol. The van der Waals surface area contributed by atoms with E-state index in [9.17, 15) is 10.1 Å². The highest BCUT2D eigenvalue weighted by molar-refractivity contribution is 7.98. The van der Waals surface area contributed by atoms with Gasteiger partial charge < -0.3 is 5.32 Å². The van der Waals surface area contributed by atoms with Gasteiger partial charge in [0.25, 0.3) is 5.69 Å². The second-order valence-electron chi connectivity index (χ2n) is 5.04. The SMILES string of the molecule is CCCC(NC(C)CCSC)c1cccc([N+](=O)[O-])c1. The van der Waals surface area contributed by atoms with Gasteiger partial charge in [0.05, 0.1) is 4.92 Å². The fraction of sp³-hybridized carbons (Fsp3) is 0.600. The lowest BCUT2D eigenvalue weighted by molar-refractivity contribution is -0.384. The van der Waals surface area contributed by atoms with E-state index in [2.05, 4.69) is 25.4 Å². The van der Waals surface area contributed by atoms with Crippen molar-refractivity contribution in [2.45, 2.75) is 45.2 Å². The van der Waals surface area contributed by atoms with Crippen molar-refractivity contribution in [1.29, 1.82) is 0 Å². The van der Waals surface area contributed by atoms with E-state index < -0.39 is 0 Å². The number of nitro groups is 1. The Bertz CT molecular complexity index is 426. The quantitative estimate of drug-likeness (QED) is 0.549. The maximum absolute atomic E-state index is 10.9. The molecule has 0 radical (unpaired) electrons. The molecule has 2 atom stereocenters. The lowest BCUT2D eigenvalue weighted by Gasteiger charge is -2.23. The molecule has 0 aliphatic heterocycles. The third kappa shape index (κ3) is 5.51. The van der Waals surface area contributed by atoms with Crippen LogP contribution in [0.2, 0.25) is 0 Å². The Labute approximate surface area is 125 Å². The van der Waals surface area contributed by atoms with E-state index in [1.807, 2.05) is 17.8 Å². The molecule has 5 heteroatoms. The van der Waals surface area contributed by atoms with E-state index in [0.29, 0.717) is 6.04 Å². The van der Waals surface area contributed by atoms with E-state index in [0.717, 1.165) is 30.6 Å². The molecule has 0 heterocycles. The summed E-state index contributed by atoms with van der Waals surface area (Å²) in [5.74, 6) is 1.13. The summed E-state index contributed by atoms with van der Waals surface area (Å²) in [5.41, 5.74) is 1.18. The number of nitro benzene ring substituents is 1. The topological polar surface area (TPSA) is 55.2 Å². The first-order valence-corrected chi connectivity index (χ1v) is 8.47. The minimum absolute atomic E-state index is 0.169. The fourth-order valence-electron chi connectivity index (χ4n) is 2.21. The Morgan fingerprint density at radius 1 is 1.40 bits per heavy atom. The van der Waals surface area contributed by atoms with Crippen molar-refractivity contribution < 1.29 is 4.92 Å². The number of hydrogen-bond donors (Lipinski definition) is 1. The van der Waals surface area contributed by atoms with Crippen LogP contribution >= 0.6 is 11.8 Å². The van der Waals surface area contributed by atoms with Gasteiger partial charge in [-0.25, -0.2) is 0 Å². The average molecular weight is 296 g/mol. The maximum atomic E-state index is 10.9. The highest BCUT2D eigenvalue weighted by Crippen LogP contribution is 2.23. The van der Waals surface area contributed by atoms with Crippen molar-refractivity contribution in [3.63, 3.8) is 0 Å². The molecule has 0 saturated carbocycles. The lowest BCUT2D eigenvalue weighted by atomic mass is 10.0. The van der Waals surface area contributed by atoms with Crippen molar-refractivity contribution in [3.8, 4) is 0 Å². The molecule has 1 N–H and O–H groups in total. The summed E-state index contributed by atoms with van der Waals surface area (Å²) in [7, 11) is 0. The summed E-state index contributed by atoms with van der Waals surface area (Å²) in [6.45, 7) is 4.31. The van der Waals surface area contributed by atoms with Crippen LogP contribution in [0.3, 0.4) is 0 Å². The van der Waals surface area contributed by atoms with Gasteiger partial charge in [-0.05, 0) is 37.3 Å². The van der Waals surface area contributed by atoms with Gasteiger partial charge in [-0.2, -0.15) is 11.8 Å². The predicted octanol–water partition coefficient (Wildman–Crippen LogP) is 4.17. The Hall–Kier alpha value is -1.07. The Morgan fingerprint density at radius 3 is 2.75 bits per heavy atom. The van der Waals surface area contributed by atoms with Crippen LogP contribution in [0.5, 0.6) is 0 Å². The average Bonchev–Trinajstić information content (AvgIpc) is 2.44. The highest BCUT2D eigenvalue weighted by Gasteiger charge is 2.16. The van der Waals surface area contributed by atoms with Crippen molar-refractivity contribution in [2.24, 2.45) is 0 Å².